The summed E-state index contributed by atoms with van der Waals surface area (Å²) in [4.78, 5) is 24.5. The van der Waals surface area contributed by atoms with Crippen molar-refractivity contribution in [1.29, 1.82) is 0 Å². The summed E-state index contributed by atoms with van der Waals surface area (Å²) in [5.74, 6) is 0.401. The zero-order valence-corrected chi connectivity index (χ0v) is 8.54. The van der Waals surface area contributed by atoms with Crippen molar-refractivity contribution in [3.63, 3.8) is 0 Å². The SMILES string of the molecule is CCC(C)C(=O)C1CC(=O)N(C)C1. The Bertz CT molecular complexity index is 225. The van der Waals surface area contributed by atoms with E-state index in [2.05, 4.69) is 0 Å². The van der Waals surface area contributed by atoms with Crippen LogP contribution in [0.4, 0.5) is 0 Å². The standard InChI is InChI=1S/C10H17NO2/c1-4-7(2)10(13)8-5-9(12)11(3)6-8/h7-8H,4-6H2,1-3H3. The van der Waals surface area contributed by atoms with Crippen LogP contribution in [0.2, 0.25) is 0 Å². The molecule has 0 radical (unpaired) electrons. The molecule has 2 unspecified atom stereocenters. The lowest BCUT2D eigenvalue weighted by atomic mass is 9.92. The smallest absolute Gasteiger partial charge is 0.223 e. The van der Waals surface area contributed by atoms with Gasteiger partial charge in [-0.1, -0.05) is 13.8 Å². The monoisotopic (exact) mass is 183 g/mol. The van der Waals surface area contributed by atoms with Crippen LogP contribution in [0.3, 0.4) is 0 Å². The second kappa shape index (κ2) is 3.90. The quantitative estimate of drug-likeness (QED) is 0.656. The molecule has 2 atom stereocenters. The number of carbonyl (C=O) groups is 2. The number of carbonyl (C=O) groups excluding carboxylic acids is 2. The summed E-state index contributed by atoms with van der Waals surface area (Å²) in [5, 5.41) is 0. The molecule has 1 aliphatic heterocycles. The number of hydrogen-bond acceptors (Lipinski definition) is 2. The second-order valence-electron chi connectivity index (χ2n) is 3.89. The molecule has 1 saturated heterocycles. The maximum atomic E-state index is 11.7. The van der Waals surface area contributed by atoms with Gasteiger partial charge in [0.25, 0.3) is 0 Å². The molecule has 0 aromatic carbocycles. The van der Waals surface area contributed by atoms with Gasteiger partial charge in [-0.3, -0.25) is 9.59 Å². The minimum Gasteiger partial charge on any atom is -0.345 e. The molecule has 0 spiro atoms. The zero-order valence-electron chi connectivity index (χ0n) is 8.54. The first-order valence-corrected chi connectivity index (χ1v) is 4.84. The molecule has 1 heterocycles. The Balaban J connectivity index is 2.55. The Morgan fingerprint density at radius 1 is 1.69 bits per heavy atom. The van der Waals surface area contributed by atoms with Crippen molar-refractivity contribution < 1.29 is 9.59 Å². The largest absolute Gasteiger partial charge is 0.345 e. The number of amides is 1. The first kappa shape index (κ1) is 10.2. The Hall–Kier alpha value is -0.860. The Morgan fingerprint density at radius 3 is 2.69 bits per heavy atom. The van der Waals surface area contributed by atoms with E-state index in [1.807, 2.05) is 13.8 Å². The van der Waals surface area contributed by atoms with E-state index in [0.717, 1.165) is 6.42 Å². The third-order valence-corrected chi connectivity index (χ3v) is 2.84. The molecule has 0 aliphatic carbocycles. The number of ketones is 1. The van der Waals surface area contributed by atoms with Crippen molar-refractivity contribution in [3.05, 3.63) is 0 Å². The van der Waals surface area contributed by atoms with Crippen LogP contribution in [0.5, 0.6) is 0 Å². The fourth-order valence-electron chi connectivity index (χ4n) is 1.66. The highest BCUT2D eigenvalue weighted by atomic mass is 16.2. The molecule has 1 aliphatic rings. The Kier molecular flexibility index (Phi) is 3.07. The number of Topliss-reactive ketones (excluding diaryl/α,β-unsaturated/α-hetero) is 1. The molecule has 1 amide bonds. The first-order valence-electron chi connectivity index (χ1n) is 4.84. The van der Waals surface area contributed by atoms with Crippen LogP contribution in [0.1, 0.15) is 26.7 Å². The van der Waals surface area contributed by atoms with Crippen molar-refractivity contribution in [2.45, 2.75) is 26.7 Å². The molecule has 0 saturated carbocycles. The van der Waals surface area contributed by atoms with Crippen molar-refractivity contribution in [3.8, 4) is 0 Å². The lowest BCUT2D eigenvalue weighted by molar-refractivity contribution is -0.128. The van der Waals surface area contributed by atoms with E-state index in [4.69, 9.17) is 0 Å². The van der Waals surface area contributed by atoms with Gasteiger partial charge in [-0.2, -0.15) is 0 Å². The van der Waals surface area contributed by atoms with E-state index in [1.165, 1.54) is 0 Å². The van der Waals surface area contributed by atoms with Crippen LogP contribution < -0.4 is 0 Å². The van der Waals surface area contributed by atoms with Gasteiger partial charge in [0.1, 0.15) is 5.78 Å². The maximum Gasteiger partial charge on any atom is 0.223 e. The van der Waals surface area contributed by atoms with Crippen LogP contribution in [-0.4, -0.2) is 30.2 Å². The average molecular weight is 183 g/mol. The number of likely N-dealkylation sites (tertiary alicyclic amines) is 1. The van der Waals surface area contributed by atoms with Crippen LogP contribution in [0.15, 0.2) is 0 Å². The second-order valence-corrected chi connectivity index (χ2v) is 3.89. The molecule has 74 valence electrons. The van der Waals surface area contributed by atoms with Gasteiger partial charge in [0.15, 0.2) is 0 Å². The average Bonchev–Trinajstić information content (AvgIpc) is 2.44. The first-order chi connectivity index (χ1) is 6.06. The summed E-state index contributed by atoms with van der Waals surface area (Å²) in [6.45, 7) is 4.55. The molecular formula is C10H17NO2. The normalized spacial score (nSPS) is 25.0. The van der Waals surface area contributed by atoms with E-state index in [1.54, 1.807) is 11.9 Å². The van der Waals surface area contributed by atoms with Gasteiger partial charge in [0.05, 0.1) is 0 Å². The predicted molar refractivity (Wildman–Crippen MR) is 50.2 cm³/mol. The van der Waals surface area contributed by atoms with Crippen molar-refractivity contribution in [2.24, 2.45) is 11.8 Å². The molecular weight excluding hydrogens is 166 g/mol. The van der Waals surface area contributed by atoms with Crippen molar-refractivity contribution >= 4 is 11.7 Å². The minimum atomic E-state index is -0.0487. The third kappa shape index (κ3) is 2.08. The van der Waals surface area contributed by atoms with Gasteiger partial charge in [-0.15, -0.1) is 0 Å². The molecule has 3 nitrogen and oxygen atoms in total. The van der Waals surface area contributed by atoms with Gasteiger partial charge in [0, 0.05) is 31.8 Å². The fraction of sp³-hybridized carbons (Fsp3) is 0.800. The van der Waals surface area contributed by atoms with Gasteiger partial charge in [-0.25, -0.2) is 0 Å². The summed E-state index contributed by atoms with van der Waals surface area (Å²) < 4.78 is 0. The summed E-state index contributed by atoms with van der Waals surface area (Å²) in [6.07, 6.45) is 1.28. The summed E-state index contributed by atoms with van der Waals surface area (Å²) in [7, 11) is 1.76. The van der Waals surface area contributed by atoms with Gasteiger partial charge < -0.3 is 4.90 Å². The molecule has 1 rings (SSSR count). The van der Waals surface area contributed by atoms with Gasteiger partial charge >= 0.3 is 0 Å². The highest BCUT2D eigenvalue weighted by Crippen LogP contribution is 2.21. The van der Waals surface area contributed by atoms with Crippen LogP contribution in [0.25, 0.3) is 0 Å². The molecule has 0 aromatic rings. The zero-order chi connectivity index (χ0) is 10.0. The number of nitrogens with zero attached hydrogens (tertiary/aromatic N) is 1. The van der Waals surface area contributed by atoms with Crippen LogP contribution in [-0.2, 0) is 9.59 Å². The highest BCUT2D eigenvalue weighted by molar-refractivity contribution is 5.91. The van der Waals surface area contributed by atoms with Crippen molar-refractivity contribution in [2.75, 3.05) is 13.6 Å². The van der Waals surface area contributed by atoms with E-state index in [-0.39, 0.29) is 23.5 Å². The Labute approximate surface area is 79.1 Å². The van der Waals surface area contributed by atoms with Gasteiger partial charge in [-0.05, 0) is 6.42 Å². The Morgan fingerprint density at radius 2 is 2.31 bits per heavy atom. The summed E-state index contributed by atoms with van der Waals surface area (Å²) >= 11 is 0. The van der Waals surface area contributed by atoms with E-state index in [9.17, 15) is 9.59 Å². The van der Waals surface area contributed by atoms with E-state index in [0.29, 0.717) is 13.0 Å². The fourth-order valence-corrected chi connectivity index (χ4v) is 1.66. The molecule has 0 aromatic heterocycles. The topological polar surface area (TPSA) is 37.4 Å². The molecule has 0 N–H and O–H groups in total. The number of hydrogen-bond donors (Lipinski definition) is 0. The molecule has 3 heteroatoms. The van der Waals surface area contributed by atoms with Crippen molar-refractivity contribution in [1.82, 2.24) is 4.90 Å². The van der Waals surface area contributed by atoms with Crippen LogP contribution in [0, 0.1) is 11.8 Å². The molecule has 0 bridgehead atoms. The van der Waals surface area contributed by atoms with Gasteiger partial charge in [0.2, 0.25) is 5.91 Å². The summed E-state index contributed by atoms with van der Waals surface area (Å²) in [6, 6.07) is 0. The lowest BCUT2D eigenvalue weighted by Crippen LogP contribution is -2.24. The predicted octanol–water partition coefficient (Wildman–Crippen LogP) is 1.08. The minimum absolute atomic E-state index is 0.0487. The summed E-state index contributed by atoms with van der Waals surface area (Å²) in [5.41, 5.74) is 0. The highest BCUT2D eigenvalue weighted by Gasteiger charge is 2.33. The van der Waals surface area contributed by atoms with E-state index >= 15 is 0 Å². The third-order valence-electron chi connectivity index (χ3n) is 2.84. The van der Waals surface area contributed by atoms with Crippen LogP contribution >= 0.6 is 0 Å². The lowest BCUT2D eigenvalue weighted by Gasteiger charge is -2.13. The molecule has 13 heavy (non-hydrogen) atoms. The maximum absolute atomic E-state index is 11.7. The number of rotatable bonds is 3. The molecule has 1 fully saturated rings. The van der Waals surface area contributed by atoms with E-state index < -0.39 is 0 Å².